The molecule has 0 heterocycles. The molecule has 0 radical (unpaired) electrons. The number of hydrogen-bond acceptors (Lipinski definition) is 5. The Labute approximate surface area is 104 Å². The molecule has 1 rings (SSSR count). The van der Waals surface area contributed by atoms with Crippen molar-refractivity contribution >= 4 is 32.8 Å². The van der Waals surface area contributed by atoms with Crippen molar-refractivity contribution in [2.45, 2.75) is 0 Å². The van der Waals surface area contributed by atoms with Crippen LogP contribution in [-0.4, -0.2) is 31.9 Å². The van der Waals surface area contributed by atoms with Crippen LogP contribution in [0.2, 0.25) is 5.02 Å². The molecule has 17 heavy (non-hydrogen) atoms. The molecule has 0 aliphatic carbocycles. The van der Waals surface area contributed by atoms with Gasteiger partial charge in [-0.05, 0) is 12.1 Å². The van der Waals surface area contributed by atoms with E-state index in [-0.39, 0.29) is 28.7 Å². The predicted octanol–water partition coefficient (Wildman–Crippen LogP) is 1.70. The molecule has 8 heteroatoms. The van der Waals surface area contributed by atoms with E-state index in [9.17, 15) is 18.5 Å². The van der Waals surface area contributed by atoms with E-state index in [0.717, 1.165) is 6.26 Å². The lowest BCUT2D eigenvalue weighted by molar-refractivity contribution is -0.383. The van der Waals surface area contributed by atoms with Crippen molar-refractivity contribution in [2.24, 2.45) is 0 Å². The smallest absolute Gasteiger partial charge is 0.293 e. The molecule has 1 aromatic rings. The second kappa shape index (κ2) is 5.33. The quantitative estimate of drug-likeness (QED) is 0.654. The van der Waals surface area contributed by atoms with Gasteiger partial charge in [-0.3, -0.25) is 10.1 Å². The van der Waals surface area contributed by atoms with Crippen LogP contribution in [0, 0.1) is 10.1 Å². The number of anilines is 1. The molecule has 0 saturated carbocycles. The number of rotatable bonds is 5. The maximum absolute atomic E-state index is 10.9. The van der Waals surface area contributed by atoms with Gasteiger partial charge in [0.1, 0.15) is 15.5 Å². The summed E-state index contributed by atoms with van der Waals surface area (Å²) < 4.78 is 21.8. The van der Waals surface area contributed by atoms with Gasteiger partial charge in [-0.15, -0.1) is 0 Å². The summed E-state index contributed by atoms with van der Waals surface area (Å²) in [6.45, 7) is 0.112. The van der Waals surface area contributed by atoms with Crippen LogP contribution in [-0.2, 0) is 9.84 Å². The van der Waals surface area contributed by atoms with Crippen molar-refractivity contribution in [2.75, 3.05) is 23.9 Å². The fourth-order valence-electron chi connectivity index (χ4n) is 1.18. The van der Waals surface area contributed by atoms with Crippen LogP contribution in [0.15, 0.2) is 18.2 Å². The molecule has 0 unspecified atom stereocenters. The highest BCUT2D eigenvalue weighted by Gasteiger charge is 2.14. The van der Waals surface area contributed by atoms with Crippen LogP contribution < -0.4 is 5.32 Å². The second-order valence-corrected chi connectivity index (χ2v) is 6.17. The van der Waals surface area contributed by atoms with Crippen LogP contribution in [0.1, 0.15) is 0 Å². The summed E-state index contributed by atoms with van der Waals surface area (Å²) in [6, 6.07) is 4.16. The molecule has 0 atom stereocenters. The van der Waals surface area contributed by atoms with E-state index < -0.39 is 14.8 Å². The Balaban J connectivity index is 2.81. The van der Waals surface area contributed by atoms with Gasteiger partial charge in [0.15, 0.2) is 0 Å². The summed E-state index contributed by atoms with van der Waals surface area (Å²) in [7, 11) is -3.09. The van der Waals surface area contributed by atoms with Crippen molar-refractivity contribution < 1.29 is 13.3 Å². The third-order valence-corrected chi connectivity index (χ3v) is 3.13. The van der Waals surface area contributed by atoms with Crippen LogP contribution in [0.25, 0.3) is 0 Å². The lowest BCUT2D eigenvalue weighted by Gasteiger charge is -2.06. The van der Waals surface area contributed by atoms with E-state index in [1.807, 2.05) is 0 Å². The minimum atomic E-state index is -3.09. The van der Waals surface area contributed by atoms with Gasteiger partial charge in [-0.25, -0.2) is 8.42 Å². The number of hydrogen-bond donors (Lipinski definition) is 1. The van der Waals surface area contributed by atoms with E-state index in [1.54, 1.807) is 0 Å². The van der Waals surface area contributed by atoms with Gasteiger partial charge in [0.2, 0.25) is 0 Å². The lowest BCUT2D eigenvalue weighted by Crippen LogP contribution is -2.14. The van der Waals surface area contributed by atoms with Crippen molar-refractivity contribution in [3.8, 4) is 0 Å². The van der Waals surface area contributed by atoms with Crippen LogP contribution in [0.3, 0.4) is 0 Å². The SMILES string of the molecule is CS(=O)(=O)CCNc1ccc(Cl)cc1[N+](=O)[O-]. The van der Waals surface area contributed by atoms with Gasteiger partial charge in [0, 0.05) is 23.9 Å². The number of nitro groups is 1. The van der Waals surface area contributed by atoms with Crippen molar-refractivity contribution in [3.63, 3.8) is 0 Å². The van der Waals surface area contributed by atoms with Crippen LogP contribution in [0.4, 0.5) is 11.4 Å². The molecule has 0 fully saturated rings. The Hall–Kier alpha value is -1.34. The van der Waals surface area contributed by atoms with E-state index in [1.165, 1.54) is 18.2 Å². The molecule has 0 aliphatic rings. The lowest BCUT2D eigenvalue weighted by atomic mass is 10.2. The van der Waals surface area contributed by atoms with Crippen LogP contribution in [0.5, 0.6) is 0 Å². The monoisotopic (exact) mass is 278 g/mol. The topological polar surface area (TPSA) is 89.3 Å². The number of nitrogens with zero attached hydrogens (tertiary/aromatic N) is 1. The Bertz CT molecular complexity index is 530. The highest BCUT2D eigenvalue weighted by molar-refractivity contribution is 7.90. The van der Waals surface area contributed by atoms with Crippen molar-refractivity contribution in [1.82, 2.24) is 0 Å². The van der Waals surface area contributed by atoms with E-state index in [0.29, 0.717) is 0 Å². The van der Waals surface area contributed by atoms with Crippen molar-refractivity contribution in [3.05, 3.63) is 33.3 Å². The average Bonchev–Trinajstić information content (AvgIpc) is 2.18. The molecule has 1 N–H and O–H groups in total. The predicted molar refractivity (Wildman–Crippen MR) is 66.3 cm³/mol. The van der Waals surface area contributed by atoms with Gasteiger partial charge >= 0.3 is 0 Å². The number of nitrogens with one attached hydrogen (secondary N) is 1. The molecule has 0 spiro atoms. The molecule has 0 saturated heterocycles. The highest BCUT2D eigenvalue weighted by atomic mass is 35.5. The first-order valence-corrected chi connectivity index (χ1v) is 7.09. The molecular formula is C9H11ClN2O4S. The van der Waals surface area contributed by atoms with Gasteiger partial charge in [-0.1, -0.05) is 11.6 Å². The molecule has 94 valence electrons. The maximum atomic E-state index is 10.9. The first kappa shape index (κ1) is 13.7. The summed E-state index contributed by atoms with van der Waals surface area (Å²) >= 11 is 5.64. The Kier molecular flexibility index (Phi) is 4.30. The second-order valence-electron chi connectivity index (χ2n) is 3.48. The minimum Gasteiger partial charge on any atom is -0.378 e. The van der Waals surface area contributed by atoms with Crippen molar-refractivity contribution in [1.29, 1.82) is 0 Å². The fourth-order valence-corrected chi connectivity index (χ4v) is 1.82. The Morgan fingerprint density at radius 1 is 1.47 bits per heavy atom. The number of sulfone groups is 1. The van der Waals surface area contributed by atoms with Gasteiger partial charge < -0.3 is 5.32 Å². The summed E-state index contributed by atoms with van der Waals surface area (Å²) in [5.74, 6) is -0.0905. The summed E-state index contributed by atoms with van der Waals surface area (Å²) in [6.07, 6.45) is 1.10. The number of halogens is 1. The molecule has 0 amide bonds. The molecule has 0 aliphatic heterocycles. The molecule has 0 bridgehead atoms. The summed E-state index contributed by atoms with van der Waals surface area (Å²) in [5, 5.41) is 13.7. The maximum Gasteiger partial charge on any atom is 0.293 e. The standard InChI is InChI=1S/C9H11ClN2O4S/c1-17(15,16)5-4-11-8-3-2-7(10)6-9(8)12(13)14/h2-3,6,11H,4-5H2,1H3. The van der Waals surface area contributed by atoms with E-state index >= 15 is 0 Å². The van der Waals surface area contributed by atoms with Gasteiger partial charge in [-0.2, -0.15) is 0 Å². The van der Waals surface area contributed by atoms with Crippen LogP contribution >= 0.6 is 11.6 Å². The third kappa shape index (κ3) is 4.58. The average molecular weight is 279 g/mol. The Morgan fingerprint density at radius 3 is 2.65 bits per heavy atom. The first-order valence-electron chi connectivity index (χ1n) is 4.65. The zero-order valence-electron chi connectivity index (χ0n) is 9.01. The van der Waals surface area contributed by atoms with Gasteiger partial charge in [0.05, 0.1) is 10.7 Å². The third-order valence-electron chi connectivity index (χ3n) is 1.94. The fraction of sp³-hybridized carbons (Fsp3) is 0.333. The zero-order valence-corrected chi connectivity index (χ0v) is 10.6. The zero-order chi connectivity index (χ0) is 13.1. The normalized spacial score (nSPS) is 11.2. The Morgan fingerprint density at radius 2 is 2.12 bits per heavy atom. The van der Waals surface area contributed by atoms with E-state index in [4.69, 9.17) is 11.6 Å². The van der Waals surface area contributed by atoms with Gasteiger partial charge in [0.25, 0.3) is 5.69 Å². The van der Waals surface area contributed by atoms with E-state index in [2.05, 4.69) is 5.32 Å². The number of nitro benzene ring substituents is 1. The summed E-state index contributed by atoms with van der Waals surface area (Å²) in [5.41, 5.74) is 0.0778. The molecule has 1 aromatic carbocycles. The highest BCUT2D eigenvalue weighted by Crippen LogP contribution is 2.27. The minimum absolute atomic E-state index is 0.0905. The summed E-state index contributed by atoms with van der Waals surface area (Å²) in [4.78, 5) is 10.1. The molecule has 0 aromatic heterocycles. The molecular weight excluding hydrogens is 268 g/mol. The largest absolute Gasteiger partial charge is 0.378 e. The first-order chi connectivity index (χ1) is 7.79. The molecule has 6 nitrogen and oxygen atoms in total. The number of benzene rings is 1.